The Kier molecular flexibility index (Phi) is 3.79. The van der Waals surface area contributed by atoms with E-state index < -0.39 is 0 Å². The minimum atomic E-state index is -0.185. The van der Waals surface area contributed by atoms with E-state index in [0.29, 0.717) is 0 Å². The molecule has 0 unspecified atom stereocenters. The maximum Gasteiger partial charge on any atom is 0.0979 e. The fourth-order valence-corrected chi connectivity index (χ4v) is 0.589. The molecule has 46 valence electrons. The summed E-state index contributed by atoms with van der Waals surface area (Å²) >= 11 is 3.12. The van der Waals surface area contributed by atoms with Gasteiger partial charge in [0.1, 0.15) is 0 Å². The fourth-order valence-electron chi connectivity index (χ4n) is 0.273. The molecule has 0 aromatic heterocycles. The molecule has 0 heterocycles. The molecule has 0 N–H and O–H groups in total. The van der Waals surface area contributed by atoms with Gasteiger partial charge in [-0.2, -0.15) is 0 Å². The Hall–Kier alpha value is -0.110. The lowest BCUT2D eigenvalue weighted by Crippen LogP contribution is -1.61. The second kappa shape index (κ2) is 3.84. The summed E-state index contributed by atoms with van der Waals surface area (Å²) < 4.78 is 12.7. The molecule has 0 aliphatic heterocycles. The highest BCUT2D eigenvalue weighted by atomic mass is 79.9. The molecule has 0 spiro atoms. The Morgan fingerprint density at radius 1 is 1.62 bits per heavy atom. The first-order valence-electron chi connectivity index (χ1n) is 2.32. The van der Waals surface area contributed by atoms with Crippen molar-refractivity contribution in [2.75, 3.05) is 0 Å². The molecule has 8 heavy (non-hydrogen) atoms. The smallest absolute Gasteiger partial charge is 0.0979 e. The van der Waals surface area contributed by atoms with Gasteiger partial charge in [-0.05, 0) is 19.9 Å². The first-order valence-corrected chi connectivity index (χ1v) is 3.11. The van der Waals surface area contributed by atoms with Gasteiger partial charge in [0.2, 0.25) is 0 Å². The predicted octanol–water partition coefficient (Wildman–Crippen LogP) is 3.16. The second-order valence-corrected chi connectivity index (χ2v) is 2.32. The summed E-state index contributed by atoms with van der Waals surface area (Å²) in [5, 5.41) is 0. The van der Waals surface area contributed by atoms with Crippen molar-refractivity contribution in [2.24, 2.45) is 0 Å². The van der Waals surface area contributed by atoms with Crippen LogP contribution in [0.3, 0.4) is 0 Å². The second-order valence-electron chi connectivity index (χ2n) is 1.40. The molecule has 0 fully saturated rings. The fraction of sp³-hybridized carbons (Fsp3) is 0.333. The van der Waals surface area contributed by atoms with Crippen LogP contribution >= 0.6 is 15.9 Å². The van der Waals surface area contributed by atoms with Crippen molar-refractivity contribution in [3.63, 3.8) is 0 Å². The van der Waals surface area contributed by atoms with Gasteiger partial charge >= 0.3 is 0 Å². The van der Waals surface area contributed by atoms with Crippen molar-refractivity contribution in [1.29, 1.82) is 0 Å². The zero-order valence-corrected chi connectivity index (χ0v) is 6.50. The normalized spacial score (nSPS) is 14.5. The van der Waals surface area contributed by atoms with Gasteiger partial charge in [0.15, 0.2) is 0 Å². The summed E-state index contributed by atoms with van der Waals surface area (Å²) in [6.45, 7) is 3.24. The Labute approximate surface area is 57.2 Å². The standard InChI is InChI=1S/C6H8BrF/c1-3-6(7)4-5(2)8/h3-4H,1-2H3. The number of allylic oxidation sites excluding steroid dienone is 4. The van der Waals surface area contributed by atoms with Crippen LogP contribution in [0.1, 0.15) is 13.8 Å². The van der Waals surface area contributed by atoms with Gasteiger partial charge in [-0.25, -0.2) is 4.39 Å². The van der Waals surface area contributed by atoms with Crippen LogP contribution in [0, 0.1) is 0 Å². The van der Waals surface area contributed by atoms with Crippen LogP contribution in [0.15, 0.2) is 22.5 Å². The van der Waals surface area contributed by atoms with E-state index in [0.717, 1.165) is 4.48 Å². The average Bonchev–Trinajstić information content (AvgIpc) is 1.65. The van der Waals surface area contributed by atoms with E-state index in [4.69, 9.17) is 0 Å². The molecule has 2 heteroatoms. The van der Waals surface area contributed by atoms with Gasteiger partial charge in [0, 0.05) is 4.48 Å². The molecule has 0 amide bonds. The third kappa shape index (κ3) is 4.06. The molecule has 0 radical (unpaired) electrons. The molecule has 0 nitrogen and oxygen atoms in total. The van der Waals surface area contributed by atoms with Crippen molar-refractivity contribution in [3.8, 4) is 0 Å². The van der Waals surface area contributed by atoms with E-state index >= 15 is 0 Å². The number of hydrogen-bond donors (Lipinski definition) is 0. The highest BCUT2D eigenvalue weighted by Gasteiger charge is 1.82. The lowest BCUT2D eigenvalue weighted by molar-refractivity contribution is 0.640. The van der Waals surface area contributed by atoms with Crippen LogP contribution < -0.4 is 0 Å². The SMILES string of the molecule is CC=C(Br)C=C(C)F. The first-order chi connectivity index (χ1) is 3.66. The van der Waals surface area contributed by atoms with E-state index in [-0.39, 0.29) is 5.83 Å². The third-order valence-corrected chi connectivity index (χ3v) is 1.30. The summed E-state index contributed by atoms with van der Waals surface area (Å²) in [6.07, 6.45) is 3.20. The van der Waals surface area contributed by atoms with Crippen molar-refractivity contribution in [2.45, 2.75) is 13.8 Å². The monoisotopic (exact) mass is 178 g/mol. The van der Waals surface area contributed by atoms with Gasteiger partial charge in [-0.15, -0.1) is 0 Å². The van der Waals surface area contributed by atoms with E-state index in [2.05, 4.69) is 15.9 Å². The first kappa shape index (κ1) is 7.89. The summed E-state index contributed by atoms with van der Waals surface area (Å²) in [5.74, 6) is -0.185. The molecule has 0 atom stereocenters. The van der Waals surface area contributed by atoms with E-state index in [1.54, 1.807) is 6.08 Å². The minimum Gasteiger partial charge on any atom is -0.212 e. The molecule has 0 aromatic carbocycles. The van der Waals surface area contributed by atoms with Crippen molar-refractivity contribution < 1.29 is 4.39 Å². The lowest BCUT2D eigenvalue weighted by atomic mass is 10.4. The lowest BCUT2D eigenvalue weighted by Gasteiger charge is -1.83. The third-order valence-electron chi connectivity index (χ3n) is 0.613. The van der Waals surface area contributed by atoms with Crippen LogP contribution in [0.25, 0.3) is 0 Å². The Balaban J connectivity index is 3.89. The summed E-state index contributed by atoms with van der Waals surface area (Å²) in [4.78, 5) is 0. The van der Waals surface area contributed by atoms with E-state index in [1.165, 1.54) is 13.0 Å². The maximum absolute atomic E-state index is 11.9. The molecular formula is C6H8BrF. The molecule has 0 rings (SSSR count). The molecule has 0 bridgehead atoms. The largest absolute Gasteiger partial charge is 0.212 e. The molecule has 0 aliphatic rings. The number of halogens is 2. The highest BCUT2D eigenvalue weighted by molar-refractivity contribution is 9.11. The zero-order chi connectivity index (χ0) is 6.57. The van der Waals surface area contributed by atoms with Gasteiger partial charge in [-0.1, -0.05) is 22.0 Å². The van der Waals surface area contributed by atoms with Crippen LogP contribution in [-0.2, 0) is 0 Å². The van der Waals surface area contributed by atoms with Gasteiger partial charge < -0.3 is 0 Å². The Morgan fingerprint density at radius 2 is 2.12 bits per heavy atom. The van der Waals surface area contributed by atoms with Gasteiger partial charge in [-0.3, -0.25) is 0 Å². The van der Waals surface area contributed by atoms with Crippen LogP contribution in [0.4, 0.5) is 4.39 Å². The number of hydrogen-bond acceptors (Lipinski definition) is 0. The predicted molar refractivity (Wildman–Crippen MR) is 37.5 cm³/mol. The minimum absolute atomic E-state index is 0.185. The highest BCUT2D eigenvalue weighted by Crippen LogP contribution is 2.09. The quantitative estimate of drug-likeness (QED) is 0.542. The molecule has 0 saturated carbocycles. The zero-order valence-electron chi connectivity index (χ0n) is 4.91. The van der Waals surface area contributed by atoms with Crippen molar-refractivity contribution in [3.05, 3.63) is 22.5 Å². The van der Waals surface area contributed by atoms with Gasteiger partial charge in [0.05, 0.1) is 5.83 Å². The Morgan fingerprint density at radius 3 is 2.25 bits per heavy atom. The summed E-state index contributed by atoms with van der Waals surface area (Å²) in [6, 6.07) is 0. The number of rotatable bonds is 1. The van der Waals surface area contributed by atoms with Crippen molar-refractivity contribution >= 4 is 15.9 Å². The van der Waals surface area contributed by atoms with Crippen LogP contribution in [0.2, 0.25) is 0 Å². The molecule has 0 aromatic rings. The molecule has 0 aliphatic carbocycles. The summed E-state index contributed by atoms with van der Waals surface area (Å²) in [7, 11) is 0. The molecular weight excluding hydrogens is 171 g/mol. The van der Waals surface area contributed by atoms with E-state index in [1.807, 2.05) is 6.92 Å². The van der Waals surface area contributed by atoms with Crippen LogP contribution in [0.5, 0.6) is 0 Å². The Bertz CT molecular complexity index is 120. The summed E-state index contributed by atoms with van der Waals surface area (Å²) in [5.41, 5.74) is 0. The molecule has 0 saturated heterocycles. The van der Waals surface area contributed by atoms with Crippen LogP contribution in [-0.4, -0.2) is 0 Å². The van der Waals surface area contributed by atoms with Crippen molar-refractivity contribution in [1.82, 2.24) is 0 Å². The van der Waals surface area contributed by atoms with E-state index in [9.17, 15) is 4.39 Å². The van der Waals surface area contributed by atoms with Gasteiger partial charge in [0.25, 0.3) is 0 Å². The maximum atomic E-state index is 11.9. The topological polar surface area (TPSA) is 0 Å². The average molecular weight is 179 g/mol.